The molecule has 87 valence electrons. The van der Waals surface area contributed by atoms with Crippen LogP contribution < -0.4 is 0 Å². The van der Waals surface area contributed by atoms with E-state index in [0.29, 0.717) is 5.56 Å². The number of rotatable bonds is 6. The van der Waals surface area contributed by atoms with Crippen molar-refractivity contribution in [2.45, 2.75) is 51.9 Å². The third kappa shape index (κ3) is 3.48. The first-order valence-electron chi connectivity index (χ1n) is 6.09. The second kappa shape index (κ2) is 5.83. The molecule has 0 aromatic heterocycles. The molecule has 1 nitrogen and oxygen atoms in total. The fourth-order valence-corrected chi connectivity index (χ4v) is 1.95. The molecule has 1 aromatic rings. The van der Waals surface area contributed by atoms with Gasteiger partial charge in [-0.2, -0.15) is 0 Å². The Kier molecular flexibility index (Phi) is 4.72. The van der Waals surface area contributed by atoms with Gasteiger partial charge in [0.15, 0.2) is 0 Å². The highest BCUT2D eigenvalue weighted by Gasteiger charge is 2.19. The molecule has 1 aromatic carbocycles. The summed E-state index contributed by atoms with van der Waals surface area (Å²) in [6.07, 6.45) is 6.93. The van der Waals surface area contributed by atoms with Crippen molar-refractivity contribution in [3.8, 4) is 0 Å². The number of carbonyl (C=O) groups excluding carboxylic acids is 1. The molecule has 0 bridgehead atoms. The molecule has 0 saturated heterocycles. The lowest BCUT2D eigenvalue weighted by Gasteiger charge is -2.25. The maximum Gasteiger partial charge on any atom is 0.233 e. The lowest BCUT2D eigenvalue weighted by atomic mass is 9.80. The second-order valence-corrected chi connectivity index (χ2v) is 5.02. The van der Waals surface area contributed by atoms with Crippen LogP contribution in [0.1, 0.15) is 57.6 Å². The van der Waals surface area contributed by atoms with Crippen LogP contribution in [0, 0.1) is 0 Å². The van der Waals surface area contributed by atoms with Gasteiger partial charge < -0.3 is 0 Å². The molecule has 0 saturated carbocycles. The molecule has 0 aliphatic heterocycles. The molecule has 0 heterocycles. The van der Waals surface area contributed by atoms with Crippen molar-refractivity contribution >= 4 is 6.29 Å². The Bertz CT molecular complexity index is 322. The Hall–Kier alpha value is -1.11. The van der Waals surface area contributed by atoms with E-state index >= 15 is 0 Å². The van der Waals surface area contributed by atoms with Crippen molar-refractivity contribution in [3.63, 3.8) is 0 Å². The maximum absolute atomic E-state index is 10.5. The molecule has 1 rings (SSSR count). The summed E-state index contributed by atoms with van der Waals surface area (Å²) in [5, 5.41) is 0. The zero-order valence-corrected chi connectivity index (χ0v) is 10.5. The van der Waals surface area contributed by atoms with Crippen molar-refractivity contribution in [1.29, 1.82) is 0 Å². The Morgan fingerprint density at radius 3 is 2.25 bits per heavy atom. The lowest BCUT2D eigenvalue weighted by molar-refractivity contribution is 0.450. The molecule has 0 atom stereocenters. The smallest absolute Gasteiger partial charge is 0.233 e. The Balaban J connectivity index is 2.68. The molecule has 16 heavy (non-hydrogen) atoms. The number of hydrogen-bond donors (Lipinski definition) is 0. The minimum atomic E-state index is 0.205. The number of hydrogen-bond acceptors (Lipinski definition) is 1. The summed E-state index contributed by atoms with van der Waals surface area (Å²) in [6.45, 7) is 6.76. The molecule has 0 aliphatic rings. The van der Waals surface area contributed by atoms with Crippen LogP contribution in [0.25, 0.3) is 0 Å². The SMILES string of the molecule is CCCCCC(C)(C)c1ccc([C]=O)cc1. The summed E-state index contributed by atoms with van der Waals surface area (Å²) in [7, 11) is 0. The van der Waals surface area contributed by atoms with Gasteiger partial charge in [-0.3, -0.25) is 4.79 Å². The highest BCUT2D eigenvalue weighted by molar-refractivity contribution is 5.75. The van der Waals surface area contributed by atoms with Crippen molar-refractivity contribution in [3.05, 3.63) is 35.4 Å². The first-order chi connectivity index (χ1) is 7.60. The monoisotopic (exact) mass is 217 g/mol. The summed E-state index contributed by atoms with van der Waals surface area (Å²) in [4.78, 5) is 10.5. The Labute approximate surface area is 98.9 Å². The van der Waals surface area contributed by atoms with E-state index in [0.717, 1.165) is 0 Å². The zero-order valence-electron chi connectivity index (χ0n) is 10.5. The van der Waals surface area contributed by atoms with Crippen LogP contribution in [0.4, 0.5) is 0 Å². The summed E-state index contributed by atoms with van der Waals surface area (Å²) in [5.41, 5.74) is 2.15. The van der Waals surface area contributed by atoms with E-state index in [-0.39, 0.29) is 5.41 Å². The molecule has 0 spiro atoms. The van der Waals surface area contributed by atoms with E-state index in [9.17, 15) is 4.79 Å². The van der Waals surface area contributed by atoms with Gasteiger partial charge in [-0.25, -0.2) is 0 Å². The predicted octanol–water partition coefficient (Wildman–Crippen LogP) is 4.00. The van der Waals surface area contributed by atoms with Gasteiger partial charge in [-0.1, -0.05) is 64.3 Å². The van der Waals surface area contributed by atoms with Gasteiger partial charge in [0, 0.05) is 5.56 Å². The van der Waals surface area contributed by atoms with Crippen LogP contribution in [-0.4, -0.2) is 6.29 Å². The van der Waals surface area contributed by atoms with Crippen LogP contribution in [0.15, 0.2) is 24.3 Å². The maximum atomic E-state index is 10.5. The Morgan fingerprint density at radius 2 is 1.75 bits per heavy atom. The van der Waals surface area contributed by atoms with Gasteiger partial charge >= 0.3 is 0 Å². The van der Waals surface area contributed by atoms with Gasteiger partial charge in [-0.05, 0) is 17.4 Å². The van der Waals surface area contributed by atoms with Crippen LogP contribution >= 0.6 is 0 Å². The summed E-state index contributed by atoms with van der Waals surface area (Å²) in [6, 6.07) is 7.80. The quantitative estimate of drug-likeness (QED) is 0.658. The van der Waals surface area contributed by atoms with Gasteiger partial charge in [0.25, 0.3) is 0 Å². The standard InChI is InChI=1S/C15H21O/c1-4-5-6-11-15(2,3)14-9-7-13(12-16)8-10-14/h7-10H,4-6,11H2,1-3H3. The van der Waals surface area contributed by atoms with Gasteiger partial charge in [0.2, 0.25) is 6.29 Å². The minimum Gasteiger partial charge on any atom is -0.285 e. The molecule has 0 amide bonds. The van der Waals surface area contributed by atoms with Crippen LogP contribution in [0.5, 0.6) is 0 Å². The average Bonchev–Trinajstić information content (AvgIpc) is 2.29. The molecule has 0 N–H and O–H groups in total. The van der Waals surface area contributed by atoms with E-state index in [2.05, 4.69) is 20.8 Å². The normalized spacial score (nSPS) is 11.4. The second-order valence-electron chi connectivity index (χ2n) is 5.02. The van der Waals surface area contributed by atoms with Gasteiger partial charge in [0.05, 0.1) is 0 Å². The summed E-state index contributed by atoms with van der Waals surface area (Å²) < 4.78 is 0. The first kappa shape index (κ1) is 13.0. The highest BCUT2D eigenvalue weighted by atomic mass is 16.1. The third-order valence-corrected chi connectivity index (χ3v) is 3.19. The fourth-order valence-electron chi connectivity index (χ4n) is 1.95. The summed E-state index contributed by atoms with van der Waals surface area (Å²) >= 11 is 0. The van der Waals surface area contributed by atoms with E-state index in [4.69, 9.17) is 0 Å². The van der Waals surface area contributed by atoms with Crippen LogP contribution in [0.3, 0.4) is 0 Å². The Morgan fingerprint density at radius 1 is 1.12 bits per heavy atom. The number of benzene rings is 1. The van der Waals surface area contributed by atoms with Crippen molar-refractivity contribution in [2.24, 2.45) is 0 Å². The summed E-state index contributed by atoms with van der Waals surface area (Å²) in [5.74, 6) is 0. The molecule has 0 fully saturated rings. The average molecular weight is 217 g/mol. The zero-order chi connectivity index (χ0) is 12.0. The predicted molar refractivity (Wildman–Crippen MR) is 68.4 cm³/mol. The van der Waals surface area contributed by atoms with Crippen molar-refractivity contribution in [1.82, 2.24) is 0 Å². The molecular weight excluding hydrogens is 196 g/mol. The van der Waals surface area contributed by atoms with Crippen LogP contribution in [-0.2, 0) is 10.2 Å². The third-order valence-electron chi connectivity index (χ3n) is 3.19. The van der Waals surface area contributed by atoms with Gasteiger partial charge in [-0.15, -0.1) is 0 Å². The molecule has 0 aliphatic carbocycles. The van der Waals surface area contributed by atoms with E-state index in [1.165, 1.54) is 31.2 Å². The van der Waals surface area contributed by atoms with E-state index in [1.807, 2.05) is 30.6 Å². The highest BCUT2D eigenvalue weighted by Crippen LogP contribution is 2.29. The number of unbranched alkanes of at least 4 members (excludes halogenated alkanes) is 2. The first-order valence-corrected chi connectivity index (χ1v) is 6.09. The van der Waals surface area contributed by atoms with E-state index < -0.39 is 0 Å². The van der Waals surface area contributed by atoms with Crippen molar-refractivity contribution in [2.75, 3.05) is 0 Å². The van der Waals surface area contributed by atoms with Crippen LogP contribution in [0.2, 0.25) is 0 Å². The molecule has 1 heteroatoms. The molecule has 0 unspecified atom stereocenters. The lowest BCUT2D eigenvalue weighted by Crippen LogP contribution is -2.16. The molecular formula is C15H21O. The topological polar surface area (TPSA) is 17.1 Å². The van der Waals surface area contributed by atoms with E-state index in [1.54, 1.807) is 0 Å². The molecule has 1 radical (unpaired) electrons. The minimum absolute atomic E-state index is 0.205. The largest absolute Gasteiger partial charge is 0.285 e. The van der Waals surface area contributed by atoms with Gasteiger partial charge in [0.1, 0.15) is 0 Å². The fraction of sp³-hybridized carbons (Fsp3) is 0.533. The van der Waals surface area contributed by atoms with Crippen molar-refractivity contribution < 1.29 is 4.79 Å².